The van der Waals surface area contributed by atoms with Crippen molar-refractivity contribution in [2.45, 2.75) is 26.8 Å². The Bertz CT molecular complexity index is 1060. The van der Waals surface area contributed by atoms with Gasteiger partial charge in [-0.25, -0.2) is 4.98 Å². The Labute approximate surface area is 181 Å². The zero-order chi connectivity index (χ0) is 23.6. The van der Waals surface area contributed by atoms with E-state index in [0.717, 1.165) is 30.4 Å². The van der Waals surface area contributed by atoms with Gasteiger partial charge in [-0.05, 0) is 57.1 Å². The Morgan fingerprint density at radius 1 is 1.29 bits per heavy atom. The number of rotatable bonds is 8. The molecule has 0 bridgehead atoms. The summed E-state index contributed by atoms with van der Waals surface area (Å²) >= 11 is 0. The van der Waals surface area contributed by atoms with Gasteiger partial charge in [0.1, 0.15) is 13.6 Å². The van der Waals surface area contributed by atoms with E-state index in [1.165, 1.54) is 7.05 Å². The largest absolute Gasteiger partial charge is 0.353 e. The highest BCUT2D eigenvalue weighted by atomic mass is 31.2. The zero-order valence-corrected chi connectivity index (χ0v) is 19.1. The lowest BCUT2D eigenvalue weighted by Crippen LogP contribution is -2.35. The number of benzene rings is 1. The van der Waals surface area contributed by atoms with E-state index in [9.17, 15) is 14.4 Å². The molecule has 2 amide bonds. The first kappa shape index (κ1) is 26.4. The summed E-state index contributed by atoms with van der Waals surface area (Å²) in [6.07, 6.45) is 5.46. The van der Waals surface area contributed by atoms with E-state index < -0.39 is 13.2 Å². The van der Waals surface area contributed by atoms with Gasteiger partial charge in [0.05, 0.1) is 17.6 Å². The monoisotopic (exact) mass is 451 g/mol. The second kappa shape index (κ2) is 12.3. The average molecular weight is 451 g/mol. The lowest BCUT2D eigenvalue weighted by molar-refractivity contribution is -0.109. The fourth-order valence-electron chi connectivity index (χ4n) is 2.77. The fourth-order valence-corrected chi connectivity index (χ4v) is 3.44. The van der Waals surface area contributed by atoms with Crippen molar-refractivity contribution in [2.24, 2.45) is 4.99 Å². The predicted molar refractivity (Wildman–Crippen MR) is 122 cm³/mol. The number of fused-ring (bicyclic) bond motifs is 1. The molecular formula is C20H30N5O5P. The molecule has 0 saturated heterocycles. The number of amides is 2. The summed E-state index contributed by atoms with van der Waals surface area (Å²) in [5, 5.41) is 4.96. The first-order valence-corrected chi connectivity index (χ1v) is 11.6. The van der Waals surface area contributed by atoms with Gasteiger partial charge in [-0.2, -0.15) is 0 Å². The van der Waals surface area contributed by atoms with Crippen LogP contribution in [-0.2, 0) is 16.1 Å². The van der Waals surface area contributed by atoms with Crippen LogP contribution in [0, 0.1) is 13.8 Å². The third kappa shape index (κ3) is 7.84. The molecule has 31 heavy (non-hydrogen) atoms. The van der Waals surface area contributed by atoms with Crippen molar-refractivity contribution in [2.75, 3.05) is 26.8 Å². The van der Waals surface area contributed by atoms with Gasteiger partial charge < -0.3 is 24.5 Å². The Hall–Kier alpha value is -2.65. The van der Waals surface area contributed by atoms with Crippen LogP contribution in [0.15, 0.2) is 17.1 Å². The van der Waals surface area contributed by atoms with E-state index in [-0.39, 0.29) is 24.1 Å². The minimum absolute atomic E-state index is 0.00667. The lowest BCUT2D eigenvalue weighted by Gasteiger charge is -2.13. The summed E-state index contributed by atoms with van der Waals surface area (Å²) in [6, 6.07) is 3.74. The molecule has 0 saturated carbocycles. The molecule has 10 nitrogen and oxygen atoms in total. The highest BCUT2D eigenvalue weighted by Gasteiger charge is 2.16. The molecule has 0 aliphatic carbocycles. The number of nitrogens with one attached hydrogen (secondary N) is 2. The molecule has 0 unspecified atom stereocenters. The fraction of sp³-hybridized carbons (Fsp3) is 0.400. The predicted octanol–water partition coefficient (Wildman–Crippen LogP) is 0.129. The number of hydrogen-bond acceptors (Lipinski definition) is 8. The molecule has 1 heterocycles. The molecule has 0 radical (unpaired) electrons. The summed E-state index contributed by atoms with van der Waals surface area (Å²) in [5.74, 6) is -0.657. The highest BCUT2D eigenvalue weighted by molar-refractivity contribution is 7.62. The molecule has 11 heteroatoms. The molecule has 0 atom stereocenters. The lowest BCUT2D eigenvalue weighted by atomic mass is 10.1. The quantitative estimate of drug-likeness (QED) is 0.253. The average Bonchev–Trinajstić information content (AvgIpc) is 2.69. The SMILES string of the molecule is C=P(O)(O)CCCNC.CN=c1c(C(=O)NC=O)nc2cc(C)c(C)cc2n1CC=O. The van der Waals surface area contributed by atoms with Crippen LogP contribution in [0.2, 0.25) is 0 Å². The Morgan fingerprint density at radius 2 is 1.94 bits per heavy atom. The molecule has 2 rings (SSSR count). The van der Waals surface area contributed by atoms with Gasteiger partial charge in [0.25, 0.3) is 5.91 Å². The van der Waals surface area contributed by atoms with Crippen LogP contribution < -0.4 is 16.1 Å². The van der Waals surface area contributed by atoms with Crippen molar-refractivity contribution in [3.8, 4) is 0 Å². The van der Waals surface area contributed by atoms with Crippen molar-refractivity contribution in [1.82, 2.24) is 20.2 Å². The molecule has 4 N–H and O–H groups in total. The molecule has 1 aromatic heterocycles. The van der Waals surface area contributed by atoms with Crippen LogP contribution in [0.25, 0.3) is 11.0 Å². The Kier molecular flexibility index (Phi) is 10.4. The van der Waals surface area contributed by atoms with E-state index in [1.54, 1.807) is 4.57 Å². The third-order valence-corrected chi connectivity index (χ3v) is 5.43. The second-order valence-electron chi connectivity index (χ2n) is 6.86. The third-order valence-electron chi connectivity index (χ3n) is 4.40. The van der Waals surface area contributed by atoms with Gasteiger partial charge in [0.2, 0.25) is 6.41 Å². The van der Waals surface area contributed by atoms with Gasteiger partial charge in [-0.15, -0.1) is 0 Å². The maximum Gasteiger partial charge on any atom is 0.280 e. The molecule has 0 aliphatic rings. The minimum Gasteiger partial charge on any atom is -0.353 e. The van der Waals surface area contributed by atoms with Gasteiger partial charge >= 0.3 is 0 Å². The van der Waals surface area contributed by atoms with Crippen LogP contribution in [0.3, 0.4) is 0 Å². The number of nitrogens with zero attached hydrogens (tertiary/aromatic N) is 3. The van der Waals surface area contributed by atoms with Crippen molar-refractivity contribution >= 4 is 43.3 Å². The normalized spacial score (nSPS) is 11.6. The first-order chi connectivity index (χ1) is 14.6. The highest BCUT2D eigenvalue weighted by Crippen LogP contribution is 2.33. The number of carbonyl (C=O) groups excluding carboxylic acids is 3. The second-order valence-corrected chi connectivity index (χ2v) is 9.07. The minimum atomic E-state index is -2.74. The van der Waals surface area contributed by atoms with Gasteiger partial charge in [-0.1, -0.05) is 6.30 Å². The number of hydrogen-bond donors (Lipinski definition) is 4. The van der Waals surface area contributed by atoms with Crippen molar-refractivity contribution in [1.29, 1.82) is 0 Å². The maximum absolute atomic E-state index is 12.0. The standard InChI is InChI=1S/C15H16N4O3.C5H14NO2P/c1-9-6-11-12(7-10(9)2)19(4-5-20)14(16-3)13(18-11)15(22)17-8-21;1-6-4-3-5-9(2,7)8/h5-8H,4H2,1-3H3,(H,17,21,22);6-8H,2-5H2,1H3. The first-order valence-electron chi connectivity index (χ1n) is 9.54. The van der Waals surface area contributed by atoms with Gasteiger partial charge in [0.15, 0.2) is 11.2 Å². The van der Waals surface area contributed by atoms with E-state index >= 15 is 0 Å². The van der Waals surface area contributed by atoms with Crippen LogP contribution in [0.4, 0.5) is 0 Å². The van der Waals surface area contributed by atoms with Gasteiger partial charge in [0, 0.05) is 13.2 Å². The molecule has 0 aliphatic heterocycles. The number of aromatic nitrogens is 2. The summed E-state index contributed by atoms with van der Waals surface area (Å²) in [4.78, 5) is 59.4. The smallest absolute Gasteiger partial charge is 0.280 e. The van der Waals surface area contributed by atoms with E-state index in [0.29, 0.717) is 17.2 Å². The van der Waals surface area contributed by atoms with Crippen molar-refractivity contribution in [3.05, 3.63) is 34.4 Å². The van der Waals surface area contributed by atoms with E-state index in [2.05, 4.69) is 26.9 Å². The summed E-state index contributed by atoms with van der Waals surface area (Å²) in [7, 11) is 0.599. The maximum atomic E-state index is 12.0. The number of imide groups is 1. The Morgan fingerprint density at radius 3 is 2.45 bits per heavy atom. The Balaban J connectivity index is 0.000000452. The number of aldehydes is 1. The van der Waals surface area contributed by atoms with E-state index in [1.807, 2.05) is 33.0 Å². The number of carbonyl (C=O) groups is 3. The van der Waals surface area contributed by atoms with Gasteiger partial charge in [-0.3, -0.25) is 19.9 Å². The summed E-state index contributed by atoms with van der Waals surface area (Å²) < 4.78 is 1.61. The van der Waals surface area contributed by atoms with Crippen molar-refractivity contribution < 1.29 is 24.2 Å². The zero-order valence-electron chi connectivity index (χ0n) is 18.3. The summed E-state index contributed by atoms with van der Waals surface area (Å²) in [5.41, 5.74) is 3.59. The topological polar surface area (TPSA) is 146 Å². The number of aryl methyl sites for hydroxylation is 2. The molecule has 0 spiro atoms. The van der Waals surface area contributed by atoms with Crippen LogP contribution in [0.5, 0.6) is 0 Å². The van der Waals surface area contributed by atoms with Crippen LogP contribution >= 0.6 is 7.34 Å². The van der Waals surface area contributed by atoms with Crippen LogP contribution in [0.1, 0.15) is 28.0 Å². The molecule has 170 valence electrons. The summed E-state index contributed by atoms with van der Waals surface area (Å²) in [6.45, 7) is 4.74. The van der Waals surface area contributed by atoms with Crippen LogP contribution in [-0.4, -0.2) is 71.0 Å². The molecular weight excluding hydrogens is 421 g/mol. The van der Waals surface area contributed by atoms with E-state index in [4.69, 9.17) is 9.79 Å². The molecule has 2 aromatic rings. The molecule has 0 fully saturated rings. The van der Waals surface area contributed by atoms with Crippen molar-refractivity contribution in [3.63, 3.8) is 0 Å². The molecule has 1 aromatic carbocycles.